The number of carboxylic acid groups (broad SMARTS) is 1. The van der Waals surface area contributed by atoms with Gasteiger partial charge in [0.05, 0.1) is 12.0 Å². The summed E-state index contributed by atoms with van der Waals surface area (Å²) in [6.45, 7) is 3.76. The van der Waals surface area contributed by atoms with Gasteiger partial charge in [-0.15, -0.1) is 0 Å². The second-order valence-corrected chi connectivity index (χ2v) is 7.76. The van der Waals surface area contributed by atoms with Gasteiger partial charge >= 0.3 is 5.97 Å². The fourth-order valence-electron chi connectivity index (χ4n) is 4.60. The highest BCUT2D eigenvalue weighted by Gasteiger charge is 2.54. The number of ether oxygens (including phenoxy) is 1. The highest BCUT2D eigenvalue weighted by Crippen LogP contribution is 2.42. The summed E-state index contributed by atoms with van der Waals surface area (Å²) in [5.74, 6) is -1.00. The van der Waals surface area contributed by atoms with E-state index < -0.39 is 11.4 Å². The van der Waals surface area contributed by atoms with Crippen LogP contribution in [-0.2, 0) is 9.53 Å². The predicted molar refractivity (Wildman–Crippen MR) is 97.4 cm³/mol. The van der Waals surface area contributed by atoms with Crippen molar-refractivity contribution in [3.05, 3.63) is 29.8 Å². The molecule has 0 bridgehead atoms. The Morgan fingerprint density at radius 1 is 1.12 bits per heavy atom. The number of amides is 1. The molecular formula is C20H26N2O4. The van der Waals surface area contributed by atoms with Gasteiger partial charge in [-0.25, -0.2) is 0 Å². The van der Waals surface area contributed by atoms with Crippen LogP contribution in [0.2, 0.25) is 0 Å². The third-order valence-electron chi connectivity index (χ3n) is 6.26. The number of carboxylic acids is 1. The van der Waals surface area contributed by atoms with Crippen LogP contribution in [0.1, 0.15) is 36.0 Å². The van der Waals surface area contributed by atoms with Crippen molar-refractivity contribution >= 4 is 17.6 Å². The van der Waals surface area contributed by atoms with E-state index in [0.29, 0.717) is 31.7 Å². The van der Waals surface area contributed by atoms with Crippen molar-refractivity contribution in [1.29, 1.82) is 0 Å². The highest BCUT2D eigenvalue weighted by molar-refractivity contribution is 5.95. The number of hydrogen-bond donors (Lipinski definition) is 1. The van der Waals surface area contributed by atoms with E-state index in [0.717, 1.165) is 18.8 Å². The van der Waals surface area contributed by atoms with E-state index in [4.69, 9.17) is 4.74 Å². The first-order valence-electron chi connectivity index (χ1n) is 9.55. The van der Waals surface area contributed by atoms with Crippen molar-refractivity contribution < 1.29 is 19.4 Å². The van der Waals surface area contributed by atoms with Crippen molar-refractivity contribution in [2.75, 3.05) is 44.3 Å². The zero-order chi connectivity index (χ0) is 18.1. The number of hydrogen-bond acceptors (Lipinski definition) is 4. The standard InChI is InChI=1S/C20H26N2O4/c23-18(15-4-6-17(7-5-15)21-9-2-1-3-10-21)22-12-16-13-26-11-8-20(16,14-22)19(24)25/h4-7,16H,1-3,8-14H2,(H,24,25)/t16-,20+/m1/s1. The Bertz CT molecular complexity index is 684. The van der Waals surface area contributed by atoms with E-state index in [9.17, 15) is 14.7 Å². The van der Waals surface area contributed by atoms with Gasteiger partial charge in [0, 0.05) is 50.0 Å². The number of carbonyl (C=O) groups is 2. The third-order valence-corrected chi connectivity index (χ3v) is 6.26. The molecule has 0 aromatic heterocycles. The Morgan fingerprint density at radius 3 is 2.50 bits per heavy atom. The molecule has 2 atom stereocenters. The fourth-order valence-corrected chi connectivity index (χ4v) is 4.60. The minimum absolute atomic E-state index is 0.0785. The molecule has 4 rings (SSSR count). The van der Waals surface area contributed by atoms with Crippen LogP contribution in [0.5, 0.6) is 0 Å². The molecule has 3 aliphatic rings. The van der Waals surface area contributed by atoms with Crippen molar-refractivity contribution in [1.82, 2.24) is 4.90 Å². The molecule has 0 radical (unpaired) electrons. The summed E-state index contributed by atoms with van der Waals surface area (Å²) in [7, 11) is 0. The zero-order valence-corrected chi connectivity index (χ0v) is 15.0. The van der Waals surface area contributed by atoms with Crippen LogP contribution in [0.3, 0.4) is 0 Å². The zero-order valence-electron chi connectivity index (χ0n) is 15.0. The molecule has 6 heteroatoms. The van der Waals surface area contributed by atoms with E-state index >= 15 is 0 Å². The van der Waals surface area contributed by atoms with Gasteiger partial charge in [0.1, 0.15) is 0 Å². The average molecular weight is 358 g/mol. The summed E-state index contributed by atoms with van der Waals surface area (Å²) < 4.78 is 5.47. The van der Waals surface area contributed by atoms with Crippen LogP contribution in [0.25, 0.3) is 0 Å². The number of carbonyl (C=O) groups excluding carboxylic acids is 1. The van der Waals surface area contributed by atoms with Crippen molar-refractivity contribution in [2.45, 2.75) is 25.7 Å². The van der Waals surface area contributed by atoms with Crippen LogP contribution in [0, 0.1) is 11.3 Å². The summed E-state index contributed by atoms with van der Waals surface area (Å²) >= 11 is 0. The topological polar surface area (TPSA) is 70.1 Å². The summed E-state index contributed by atoms with van der Waals surface area (Å²) in [5, 5.41) is 9.75. The molecule has 3 fully saturated rings. The molecule has 3 saturated heterocycles. The lowest BCUT2D eigenvalue weighted by molar-refractivity contribution is -0.157. The first kappa shape index (κ1) is 17.3. The SMILES string of the molecule is O=C(c1ccc(N2CCCCC2)cc1)N1C[C@@H]2COCC[C@]2(C(=O)O)C1. The van der Waals surface area contributed by atoms with E-state index in [1.54, 1.807) is 4.90 Å². The smallest absolute Gasteiger partial charge is 0.311 e. The van der Waals surface area contributed by atoms with Crippen molar-refractivity contribution in [2.24, 2.45) is 11.3 Å². The van der Waals surface area contributed by atoms with Crippen LogP contribution >= 0.6 is 0 Å². The molecule has 1 aromatic rings. The molecule has 140 valence electrons. The van der Waals surface area contributed by atoms with Gasteiger partial charge in [0.2, 0.25) is 0 Å². The molecule has 1 N–H and O–H groups in total. The molecule has 0 spiro atoms. The number of likely N-dealkylation sites (tertiary alicyclic amines) is 1. The number of rotatable bonds is 3. The lowest BCUT2D eigenvalue weighted by Gasteiger charge is -2.33. The Labute approximate surface area is 153 Å². The Balaban J connectivity index is 1.48. The van der Waals surface area contributed by atoms with Gasteiger partial charge < -0.3 is 19.6 Å². The summed E-state index contributed by atoms with van der Waals surface area (Å²) in [6, 6.07) is 7.77. The fraction of sp³-hybridized carbons (Fsp3) is 0.600. The maximum absolute atomic E-state index is 12.9. The van der Waals surface area contributed by atoms with Crippen LogP contribution in [0.4, 0.5) is 5.69 Å². The predicted octanol–water partition coefficient (Wildman–Crippen LogP) is 2.24. The minimum Gasteiger partial charge on any atom is -0.481 e. The van der Waals surface area contributed by atoms with Gasteiger partial charge in [0.25, 0.3) is 5.91 Å². The average Bonchev–Trinajstić information content (AvgIpc) is 3.09. The molecule has 26 heavy (non-hydrogen) atoms. The van der Waals surface area contributed by atoms with E-state index in [1.807, 2.05) is 24.3 Å². The molecule has 0 aliphatic carbocycles. The van der Waals surface area contributed by atoms with E-state index in [-0.39, 0.29) is 18.4 Å². The summed E-state index contributed by atoms with van der Waals surface area (Å²) in [5.41, 5.74) is 0.944. The first-order chi connectivity index (χ1) is 12.6. The van der Waals surface area contributed by atoms with Gasteiger partial charge in [-0.2, -0.15) is 0 Å². The number of benzene rings is 1. The first-order valence-corrected chi connectivity index (χ1v) is 9.55. The molecule has 6 nitrogen and oxygen atoms in total. The number of piperidine rings is 1. The third kappa shape index (κ3) is 2.96. The lowest BCUT2D eigenvalue weighted by Crippen LogP contribution is -2.45. The Morgan fingerprint density at radius 2 is 1.85 bits per heavy atom. The number of aliphatic carboxylic acids is 1. The molecular weight excluding hydrogens is 332 g/mol. The number of nitrogens with zero attached hydrogens (tertiary/aromatic N) is 2. The van der Waals surface area contributed by atoms with Crippen molar-refractivity contribution in [3.8, 4) is 0 Å². The normalized spacial score (nSPS) is 28.7. The summed E-state index contributed by atoms with van der Waals surface area (Å²) in [6.07, 6.45) is 4.20. The van der Waals surface area contributed by atoms with Crippen LogP contribution < -0.4 is 4.90 Å². The number of fused-ring (bicyclic) bond motifs is 1. The van der Waals surface area contributed by atoms with Crippen LogP contribution in [0.15, 0.2) is 24.3 Å². The van der Waals surface area contributed by atoms with E-state index in [1.165, 1.54) is 19.3 Å². The molecule has 3 heterocycles. The van der Waals surface area contributed by atoms with Gasteiger partial charge in [-0.3, -0.25) is 9.59 Å². The van der Waals surface area contributed by atoms with Gasteiger partial charge in [0.15, 0.2) is 0 Å². The minimum atomic E-state index is -0.846. The second-order valence-electron chi connectivity index (χ2n) is 7.76. The Hall–Kier alpha value is -2.08. The van der Waals surface area contributed by atoms with Gasteiger partial charge in [-0.1, -0.05) is 0 Å². The second kappa shape index (κ2) is 6.91. The molecule has 1 aromatic carbocycles. The molecule has 0 unspecified atom stereocenters. The van der Waals surface area contributed by atoms with Gasteiger partial charge in [-0.05, 0) is 49.9 Å². The maximum atomic E-state index is 12.9. The quantitative estimate of drug-likeness (QED) is 0.897. The van der Waals surface area contributed by atoms with Crippen LogP contribution in [-0.4, -0.2) is 61.3 Å². The largest absolute Gasteiger partial charge is 0.481 e. The Kier molecular flexibility index (Phi) is 4.61. The molecule has 0 saturated carbocycles. The molecule has 3 aliphatic heterocycles. The number of anilines is 1. The lowest BCUT2D eigenvalue weighted by atomic mass is 9.74. The monoisotopic (exact) mass is 358 g/mol. The van der Waals surface area contributed by atoms with Crippen molar-refractivity contribution in [3.63, 3.8) is 0 Å². The van der Waals surface area contributed by atoms with E-state index in [2.05, 4.69) is 4.90 Å². The maximum Gasteiger partial charge on any atom is 0.311 e. The highest BCUT2D eigenvalue weighted by atomic mass is 16.5. The summed E-state index contributed by atoms with van der Waals surface area (Å²) in [4.78, 5) is 28.9. The molecule has 1 amide bonds.